The van der Waals surface area contributed by atoms with Gasteiger partial charge >= 0.3 is 0 Å². The molecule has 0 aliphatic rings. The smallest absolute Gasteiger partial charge is 0.122 e. The average Bonchev–Trinajstić information content (AvgIpc) is 2.52. The first-order valence-electron chi connectivity index (χ1n) is 7.86. The first kappa shape index (κ1) is 22.3. The van der Waals surface area contributed by atoms with Crippen molar-refractivity contribution in [1.82, 2.24) is 0 Å². The van der Waals surface area contributed by atoms with E-state index in [0.29, 0.717) is 17.9 Å². The minimum atomic E-state index is -2.07. The number of hydrogen-bond donors (Lipinski definition) is 1. The maximum Gasteiger partial charge on any atom is 0.122 e. The molecule has 0 aromatic heterocycles. The number of ether oxygens (including phenoxy) is 2. The summed E-state index contributed by atoms with van der Waals surface area (Å²) in [5.41, 5.74) is 7.11. The number of nitrogens with two attached hydrogens (primary N) is 1. The Morgan fingerprint density at radius 3 is 1.88 bits per heavy atom. The number of rotatable bonds is 8. The van der Waals surface area contributed by atoms with Gasteiger partial charge in [0, 0.05) is 29.6 Å². The Hall–Kier alpha value is -0.765. The van der Waals surface area contributed by atoms with Crippen molar-refractivity contribution in [2.24, 2.45) is 5.73 Å². The van der Waals surface area contributed by atoms with Gasteiger partial charge in [-0.05, 0) is 36.1 Å². The van der Waals surface area contributed by atoms with Crippen LogP contribution in [0.15, 0.2) is 12.1 Å². The van der Waals surface area contributed by atoms with E-state index in [-0.39, 0.29) is 11.6 Å². The molecule has 1 aromatic carbocycles. The summed E-state index contributed by atoms with van der Waals surface area (Å²) in [5.74, 6) is 0.848. The first-order chi connectivity index (χ1) is 11.3. The lowest BCUT2D eigenvalue weighted by Gasteiger charge is -2.55. The van der Waals surface area contributed by atoms with Crippen LogP contribution in [0.1, 0.15) is 24.5 Å². The van der Waals surface area contributed by atoms with Crippen LogP contribution in [0.5, 0.6) is 11.5 Å². The van der Waals surface area contributed by atoms with Crippen LogP contribution in [0, 0.1) is 0 Å². The molecule has 0 saturated carbocycles. The molecular formula is C15H18B7NO2. The Bertz CT molecular complexity index is 602. The van der Waals surface area contributed by atoms with Gasteiger partial charge in [-0.25, -0.2) is 0 Å². The van der Waals surface area contributed by atoms with Gasteiger partial charge in [-0.15, -0.1) is 10.3 Å². The molecule has 0 aliphatic carbocycles. The number of methoxy groups -OCH3 is 2. The molecule has 1 aromatic rings. The van der Waals surface area contributed by atoms with E-state index in [4.69, 9.17) is 70.1 Å². The molecule has 25 heavy (non-hydrogen) atoms. The monoisotopic (exact) mass is 321 g/mol. The molecule has 0 spiro atoms. The van der Waals surface area contributed by atoms with E-state index in [9.17, 15) is 0 Å². The summed E-state index contributed by atoms with van der Waals surface area (Å²) >= 11 is 0. The molecule has 1 unspecified atom stereocenters. The Kier molecular flexibility index (Phi) is 7.00. The van der Waals surface area contributed by atoms with Crippen LogP contribution in [0.3, 0.4) is 0 Å². The summed E-state index contributed by atoms with van der Waals surface area (Å²) < 4.78 is 10.8. The van der Waals surface area contributed by atoms with Gasteiger partial charge in [0.25, 0.3) is 0 Å². The van der Waals surface area contributed by atoms with Gasteiger partial charge in [0.1, 0.15) is 11.5 Å². The zero-order chi connectivity index (χ0) is 19.6. The lowest BCUT2D eigenvalue weighted by molar-refractivity contribution is 0.390. The summed E-state index contributed by atoms with van der Waals surface area (Å²) in [5, 5.41) is -6.05. The second-order valence-corrected chi connectivity index (χ2v) is 6.41. The highest BCUT2D eigenvalue weighted by atomic mass is 16.5. The standard InChI is InChI=1S/C15H18B7NO2/c1-4-9(23)5-8-6-12(25-3)10(7-11(8)24-2)13(16,17)14(18,19)15(20,21)22/h6-7,9H,4-5,23H2,1-3H3. The van der Waals surface area contributed by atoms with Crippen LogP contribution in [0.25, 0.3) is 0 Å². The van der Waals surface area contributed by atoms with Gasteiger partial charge in [-0.1, -0.05) is 12.1 Å². The van der Waals surface area contributed by atoms with Crippen molar-refractivity contribution >= 4 is 54.9 Å². The van der Waals surface area contributed by atoms with Gasteiger partial charge < -0.3 is 15.2 Å². The second-order valence-electron chi connectivity index (χ2n) is 6.41. The maximum absolute atomic E-state index is 6.21. The van der Waals surface area contributed by atoms with Crippen LogP contribution in [-0.4, -0.2) is 75.2 Å². The molecule has 0 saturated heterocycles. The van der Waals surface area contributed by atoms with Gasteiger partial charge in [-0.2, -0.15) is 0 Å². The van der Waals surface area contributed by atoms with Crippen LogP contribution < -0.4 is 15.2 Å². The van der Waals surface area contributed by atoms with Crippen LogP contribution in [-0.2, 0) is 11.6 Å². The molecule has 0 amide bonds. The zero-order valence-corrected chi connectivity index (χ0v) is 15.1. The number of benzene rings is 1. The molecule has 0 fully saturated rings. The van der Waals surface area contributed by atoms with Crippen molar-refractivity contribution in [3.05, 3.63) is 23.3 Å². The van der Waals surface area contributed by atoms with E-state index < -0.39 is 15.5 Å². The molecule has 10 heteroatoms. The van der Waals surface area contributed by atoms with Crippen molar-refractivity contribution in [1.29, 1.82) is 0 Å². The van der Waals surface area contributed by atoms with Gasteiger partial charge in [0.15, 0.2) is 0 Å². The van der Waals surface area contributed by atoms with Crippen molar-refractivity contribution in [2.75, 3.05) is 14.2 Å². The second kappa shape index (κ2) is 7.86. The Morgan fingerprint density at radius 1 is 0.960 bits per heavy atom. The van der Waals surface area contributed by atoms with Crippen LogP contribution >= 0.6 is 0 Å². The Balaban J connectivity index is 3.55. The summed E-state index contributed by atoms with van der Waals surface area (Å²) in [6, 6.07) is 3.26. The predicted octanol–water partition coefficient (Wildman–Crippen LogP) is -0.494. The molecule has 1 atom stereocenters. The molecule has 3 nitrogen and oxygen atoms in total. The summed E-state index contributed by atoms with van der Waals surface area (Å²) in [6.07, 6.45) is 1.37. The van der Waals surface area contributed by atoms with Crippen LogP contribution in [0.2, 0.25) is 10.3 Å². The number of hydrogen-bond acceptors (Lipinski definition) is 3. The lowest BCUT2D eigenvalue weighted by Crippen LogP contribution is -2.51. The fourth-order valence-corrected chi connectivity index (χ4v) is 2.45. The van der Waals surface area contributed by atoms with Crippen molar-refractivity contribution < 1.29 is 9.47 Å². The van der Waals surface area contributed by atoms with E-state index in [1.807, 2.05) is 6.92 Å². The third-order valence-corrected chi connectivity index (χ3v) is 4.46. The predicted molar refractivity (Wildman–Crippen MR) is 109 cm³/mol. The highest BCUT2D eigenvalue weighted by Gasteiger charge is 2.44. The third kappa shape index (κ3) is 4.32. The minimum absolute atomic E-state index is 0.0437. The van der Waals surface area contributed by atoms with Crippen LogP contribution in [0.4, 0.5) is 0 Å². The van der Waals surface area contributed by atoms with E-state index in [1.165, 1.54) is 14.2 Å². The van der Waals surface area contributed by atoms with E-state index in [1.54, 1.807) is 12.1 Å². The van der Waals surface area contributed by atoms with Crippen molar-refractivity contribution in [2.45, 2.75) is 41.3 Å². The first-order valence-corrected chi connectivity index (χ1v) is 7.86. The Labute approximate surface area is 160 Å². The molecular weight excluding hydrogens is 302 g/mol. The molecule has 0 bridgehead atoms. The van der Waals surface area contributed by atoms with Gasteiger partial charge in [0.2, 0.25) is 0 Å². The topological polar surface area (TPSA) is 44.5 Å². The van der Waals surface area contributed by atoms with E-state index >= 15 is 0 Å². The molecule has 1 rings (SSSR count). The van der Waals surface area contributed by atoms with E-state index in [0.717, 1.165) is 12.0 Å². The van der Waals surface area contributed by atoms with Gasteiger partial charge in [0.05, 0.1) is 45.6 Å². The zero-order valence-electron chi connectivity index (χ0n) is 15.1. The third-order valence-electron chi connectivity index (χ3n) is 4.46. The Morgan fingerprint density at radius 2 is 1.48 bits per heavy atom. The lowest BCUT2D eigenvalue weighted by atomic mass is 9.13. The maximum atomic E-state index is 6.21. The average molecular weight is 320 g/mol. The molecule has 116 valence electrons. The fraction of sp³-hybridized carbons (Fsp3) is 0.600. The molecule has 2 N–H and O–H groups in total. The SMILES string of the molecule is [B]C([B])([B])C([B])([B])C([B])([B])c1cc(OC)c(CC(N)CC)cc1OC. The fourth-order valence-electron chi connectivity index (χ4n) is 2.45. The highest BCUT2D eigenvalue weighted by Crippen LogP contribution is 2.53. The molecule has 0 heterocycles. The normalized spacial score (nSPS) is 14.1. The highest BCUT2D eigenvalue weighted by molar-refractivity contribution is 6.70. The summed E-state index contributed by atoms with van der Waals surface area (Å²) in [6.45, 7) is 1.99. The summed E-state index contributed by atoms with van der Waals surface area (Å²) in [7, 11) is 44.4. The summed E-state index contributed by atoms with van der Waals surface area (Å²) in [4.78, 5) is 0. The van der Waals surface area contributed by atoms with Crippen molar-refractivity contribution in [3.8, 4) is 11.5 Å². The minimum Gasteiger partial charge on any atom is -0.497 e. The molecule has 14 radical (unpaired) electrons. The van der Waals surface area contributed by atoms with Gasteiger partial charge in [-0.3, -0.25) is 0 Å². The molecule has 0 aliphatic heterocycles. The van der Waals surface area contributed by atoms with Crippen molar-refractivity contribution in [3.63, 3.8) is 0 Å². The quantitative estimate of drug-likeness (QED) is 0.657. The van der Waals surface area contributed by atoms with E-state index in [2.05, 4.69) is 0 Å². The largest absolute Gasteiger partial charge is 0.497 e.